The highest BCUT2D eigenvalue weighted by molar-refractivity contribution is 6.58. The van der Waals surface area contributed by atoms with Crippen molar-refractivity contribution in [1.82, 2.24) is 4.90 Å². The molecule has 1 aromatic rings. The molecule has 7 heteroatoms. The Morgan fingerprint density at radius 1 is 1.19 bits per heavy atom. The topological polar surface area (TPSA) is 41.9 Å². The average molecular weight is 363 g/mol. The van der Waals surface area contributed by atoms with E-state index in [-0.39, 0.29) is 17.6 Å². The fourth-order valence-corrected chi connectivity index (χ4v) is 4.52. The second kappa shape index (κ2) is 7.40. The Morgan fingerprint density at radius 2 is 1.89 bits per heavy atom. The molecule has 2 aliphatic heterocycles. The van der Waals surface area contributed by atoms with E-state index in [1.165, 1.54) is 5.56 Å². The highest BCUT2D eigenvalue weighted by Gasteiger charge is 2.39. The number of hydrogen-bond donors (Lipinski definition) is 1. The fourth-order valence-electron chi connectivity index (χ4n) is 4.52. The van der Waals surface area contributed by atoms with Crippen LogP contribution in [0.2, 0.25) is 0 Å². The van der Waals surface area contributed by atoms with E-state index in [2.05, 4.69) is 25.7 Å². The third kappa shape index (κ3) is 4.86. The number of aliphatic hydroxyl groups is 1. The van der Waals surface area contributed by atoms with Gasteiger partial charge in [-0.05, 0) is 59.2 Å². The van der Waals surface area contributed by atoms with Crippen molar-refractivity contribution >= 4 is 23.5 Å². The van der Waals surface area contributed by atoms with Crippen LogP contribution in [0.25, 0.3) is 0 Å². The maximum Gasteiger partial charge on any atom is 0.160 e. The largest absolute Gasteiger partial charge is 0.512 e. The van der Waals surface area contributed by atoms with Gasteiger partial charge in [-0.3, -0.25) is 4.90 Å². The Balaban J connectivity index is 1.86. The van der Waals surface area contributed by atoms with Crippen molar-refractivity contribution in [2.75, 3.05) is 20.2 Å². The zero-order valence-corrected chi connectivity index (χ0v) is 16.9. The summed E-state index contributed by atoms with van der Waals surface area (Å²) in [5.74, 6) is 1.30. The number of piperidine rings is 1. The van der Waals surface area contributed by atoms with Gasteiger partial charge in [-0.1, -0.05) is 20.8 Å². The van der Waals surface area contributed by atoms with Crippen LogP contribution >= 0.6 is 0 Å². The highest BCUT2D eigenvalue weighted by atomic mass is 16.5. The van der Waals surface area contributed by atoms with Crippen molar-refractivity contribution in [2.45, 2.75) is 57.5 Å². The molecule has 27 heavy (non-hydrogen) atoms. The molecule has 4 nitrogen and oxygen atoms in total. The number of ether oxygens (including phenoxy) is 2. The molecule has 1 aromatic carbocycles. The van der Waals surface area contributed by atoms with Crippen LogP contribution in [0.5, 0.6) is 11.5 Å². The van der Waals surface area contributed by atoms with Gasteiger partial charge in [-0.25, -0.2) is 0 Å². The van der Waals surface area contributed by atoms with Gasteiger partial charge in [-0.15, -0.1) is 0 Å². The third-order valence-corrected chi connectivity index (χ3v) is 5.53. The molecule has 2 aliphatic rings. The number of methoxy groups -OCH3 is 1. The summed E-state index contributed by atoms with van der Waals surface area (Å²) in [5, 5.41) is 9.04. The van der Waals surface area contributed by atoms with Crippen LogP contribution in [0.3, 0.4) is 0 Å². The summed E-state index contributed by atoms with van der Waals surface area (Å²) in [7, 11) is 18.4. The summed E-state index contributed by atoms with van der Waals surface area (Å²) in [6.45, 7) is 8.57. The standard InChI is InChI=1S/C20H28B3NO3/c1-19(2,3)10-13-11-24-6-5-12-7-18(27-20(21,22)23)17(26-4)8-14(12)15(24)9-16(13)25/h7-8,13,15-16,25H,5-6,9-11H2,1-4H3/t13-,15-,16-/m1/s1. The second-order valence-corrected chi connectivity index (χ2v) is 9.25. The van der Waals surface area contributed by atoms with E-state index in [0.29, 0.717) is 17.4 Å². The van der Waals surface area contributed by atoms with Crippen molar-refractivity contribution in [3.63, 3.8) is 0 Å². The minimum absolute atomic E-state index is 0.182. The Morgan fingerprint density at radius 3 is 2.48 bits per heavy atom. The lowest BCUT2D eigenvalue weighted by atomic mass is 9.52. The van der Waals surface area contributed by atoms with Gasteiger partial charge >= 0.3 is 0 Å². The molecular weight excluding hydrogens is 335 g/mol. The summed E-state index contributed by atoms with van der Waals surface area (Å²) < 4.78 is 10.9. The first-order valence-corrected chi connectivity index (χ1v) is 9.65. The van der Waals surface area contributed by atoms with E-state index in [1.807, 2.05) is 12.1 Å². The summed E-state index contributed by atoms with van der Waals surface area (Å²) in [5.41, 5.74) is 2.55. The normalized spacial score (nSPS) is 26.2. The van der Waals surface area contributed by atoms with E-state index in [0.717, 1.165) is 37.9 Å². The molecule has 3 rings (SSSR count). The Kier molecular flexibility index (Phi) is 5.66. The first-order valence-electron chi connectivity index (χ1n) is 9.65. The van der Waals surface area contributed by atoms with E-state index in [1.54, 1.807) is 7.11 Å². The molecule has 1 fully saturated rings. The summed E-state index contributed by atoms with van der Waals surface area (Å²) >= 11 is 0. The molecule has 0 aromatic heterocycles. The van der Waals surface area contributed by atoms with Crippen molar-refractivity contribution < 1.29 is 14.6 Å². The van der Waals surface area contributed by atoms with Gasteiger partial charge in [-0.2, -0.15) is 0 Å². The second-order valence-electron chi connectivity index (χ2n) is 9.25. The molecule has 1 saturated heterocycles. The van der Waals surface area contributed by atoms with Crippen LogP contribution in [0.1, 0.15) is 50.8 Å². The van der Waals surface area contributed by atoms with Gasteiger partial charge in [0.15, 0.2) is 11.5 Å². The lowest BCUT2D eigenvalue weighted by molar-refractivity contribution is -0.0259. The van der Waals surface area contributed by atoms with E-state index in [4.69, 9.17) is 33.0 Å². The maximum absolute atomic E-state index is 10.8. The number of fused-ring (bicyclic) bond motifs is 3. The lowest BCUT2D eigenvalue weighted by Crippen LogP contribution is -2.48. The number of benzene rings is 1. The summed E-state index contributed by atoms with van der Waals surface area (Å²) in [6, 6.07) is 4.08. The SMILES string of the molecule is [B]C([B])([B])Oc1cc2c(cc1OC)[C@H]1C[C@@H](O)[C@H](CC(C)(C)C)CN1CC2. The van der Waals surface area contributed by atoms with Crippen LogP contribution in [-0.2, 0) is 6.42 Å². The van der Waals surface area contributed by atoms with Gasteiger partial charge in [0.2, 0.25) is 0 Å². The van der Waals surface area contributed by atoms with Crippen molar-refractivity contribution in [3.05, 3.63) is 23.3 Å². The zero-order chi connectivity index (χ0) is 20.0. The predicted molar refractivity (Wildman–Crippen MR) is 110 cm³/mol. The lowest BCUT2D eigenvalue weighted by Gasteiger charge is -2.47. The average Bonchev–Trinajstić information content (AvgIpc) is 2.52. The maximum atomic E-state index is 10.8. The molecule has 0 unspecified atom stereocenters. The molecule has 0 bridgehead atoms. The third-order valence-electron chi connectivity index (χ3n) is 5.53. The number of aliphatic hydroxyl groups excluding tert-OH is 1. The summed E-state index contributed by atoms with van der Waals surface area (Å²) in [4.78, 5) is 2.49. The molecule has 3 atom stereocenters. The molecular formula is C20H28B3NO3. The molecule has 0 saturated carbocycles. The molecule has 0 aliphatic carbocycles. The van der Waals surface area contributed by atoms with E-state index >= 15 is 0 Å². The zero-order valence-electron chi connectivity index (χ0n) is 16.9. The van der Waals surface area contributed by atoms with Crippen molar-refractivity contribution in [2.24, 2.45) is 11.3 Å². The predicted octanol–water partition coefficient (Wildman–Crippen LogP) is 1.91. The Hall–Kier alpha value is -1.07. The van der Waals surface area contributed by atoms with Crippen molar-refractivity contribution in [3.8, 4) is 11.5 Å². The smallest absolute Gasteiger partial charge is 0.160 e. The highest BCUT2D eigenvalue weighted by Crippen LogP contribution is 2.44. The first-order chi connectivity index (χ1) is 12.5. The number of nitrogens with zero attached hydrogens (tertiary/aromatic N) is 1. The summed E-state index contributed by atoms with van der Waals surface area (Å²) in [6.07, 6.45) is 2.35. The van der Waals surface area contributed by atoms with Crippen LogP contribution < -0.4 is 9.47 Å². The Labute approximate surface area is 167 Å². The van der Waals surface area contributed by atoms with Crippen molar-refractivity contribution in [1.29, 1.82) is 0 Å². The van der Waals surface area contributed by atoms with Gasteiger partial charge in [0.25, 0.3) is 0 Å². The minimum atomic E-state index is -1.76. The van der Waals surface area contributed by atoms with Crippen LogP contribution in [-0.4, -0.2) is 65.1 Å². The van der Waals surface area contributed by atoms with Crippen LogP contribution in [0.4, 0.5) is 0 Å². The molecule has 1 N–H and O–H groups in total. The first kappa shape index (κ1) is 20.7. The number of rotatable bonds is 4. The van der Waals surface area contributed by atoms with E-state index in [9.17, 15) is 5.11 Å². The van der Waals surface area contributed by atoms with Crippen LogP contribution in [0, 0.1) is 11.3 Å². The minimum Gasteiger partial charge on any atom is -0.512 e. The molecule has 0 spiro atoms. The molecule has 140 valence electrons. The molecule has 6 radical (unpaired) electrons. The van der Waals surface area contributed by atoms with Crippen LogP contribution in [0.15, 0.2) is 12.1 Å². The quantitative estimate of drug-likeness (QED) is 0.831. The van der Waals surface area contributed by atoms with Gasteiger partial charge in [0, 0.05) is 19.1 Å². The van der Waals surface area contributed by atoms with Gasteiger partial charge < -0.3 is 14.6 Å². The van der Waals surface area contributed by atoms with E-state index < -0.39 is 5.30 Å². The Bertz CT molecular complexity index is 684. The monoisotopic (exact) mass is 363 g/mol. The molecule has 0 amide bonds. The fraction of sp³-hybridized carbons (Fsp3) is 0.700. The van der Waals surface area contributed by atoms with Gasteiger partial charge in [0.05, 0.1) is 13.2 Å². The molecule has 2 heterocycles. The number of hydrogen-bond acceptors (Lipinski definition) is 4. The van der Waals surface area contributed by atoms with Gasteiger partial charge in [0.1, 0.15) is 23.5 Å².